The van der Waals surface area contributed by atoms with E-state index in [9.17, 15) is 8.78 Å². The maximum absolute atomic E-state index is 14.6. The first-order chi connectivity index (χ1) is 12.1. The number of benzene rings is 2. The van der Waals surface area contributed by atoms with E-state index in [1.165, 1.54) is 30.6 Å². The molecule has 0 unspecified atom stereocenters. The lowest BCUT2D eigenvalue weighted by Crippen LogP contribution is -2.09. The summed E-state index contributed by atoms with van der Waals surface area (Å²) in [5.41, 5.74) is 7.81. The molecule has 1 aromatic heterocycles. The molecule has 1 aliphatic heterocycles. The van der Waals surface area contributed by atoms with E-state index in [0.717, 1.165) is 0 Å². The standard InChI is InChI=1S/C18H12F2N4O/c19-10-2-1-3-11(6-10)25-12-4-5-13(14(20)7-12)17-16-15(8-22-17)23-9-24-18(16)21/h1-7,9H,8H2,(H2,21,23,24). The zero-order valence-corrected chi connectivity index (χ0v) is 12.9. The molecule has 0 bridgehead atoms. The predicted octanol–water partition coefficient (Wildman–Crippen LogP) is 3.48. The Bertz CT molecular complexity index is 1000. The largest absolute Gasteiger partial charge is 0.457 e. The molecule has 0 aliphatic carbocycles. The van der Waals surface area contributed by atoms with Crippen molar-refractivity contribution in [2.45, 2.75) is 6.54 Å². The zero-order valence-electron chi connectivity index (χ0n) is 12.9. The maximum atomic E-state index is 14.6. The summed E-state index contributed by atoms with van der Waals surface area (Å²) in [5.74, 6) is -0.150. The molecule has 0 saturated heterocycles. The summed E-state index contributed by atoms with van der Waals surface area (Å²) in [6, 6.07) is 9.99. The van der Waals surface area contributed by atoms with E-state index in [0.29, 0.717) is 23.5 Å². The Morgan fingerprint density at radius 1 is 1.00 bits per heavy atom. The minimum absolute atomic E-state index is 0.253. The molecule has 1 aliphatic rings. The lowest BCUT2D eigenvalue weighted by Gasteiger charge is -2.10. The highest BCUT2D eigenvalue weighted by atomic mass is 19.1. The summed E-state index contributed by atoms with van der Waals surface area (Å²) in [4.78, 5) is 12.4. The number of anilines is 1. The van der Waals surface area contributed by atoms with E-state index in [-0.39, 0.29) is 22.9 Å². The lowest BCUT2D eigenvalue weighted by atomic mass is 10.0. The van der Waals surface area contributed by atoms with Crippen LogP contribution >= 0.6 is 0 Å². The monoisotopic (exact) mass is 338 g/mol. The van der Waals surface area contributed by atoms with Crippen LogP contribution in [0.2, 0.25) is 0 Å². The van der Waals surface area contributed by atoms with E-state index in [1.807, 2.05) is 0 Å². The van der Waals surface area contributed by atoms with Crippen molar-refractivity contribution in [2.24, 2.45) is 4.99 Å². The van der Waals surface area contributed by atoms with Gasteiger partial charge in [0.15, 0.2) is 0 Å². The molecule has 3 aromatic rings. The van der Waals surface area contributed by atoms with Gasteiger partial charge in [0.2, 0.25) is 0 Å². The van der Waals surface area contributed by atoms with Crippen LogP contribution in [0.3, 0.4) is 0 Å². The van der Waals surface area contributed by atoms with E-state index >= 15 is 0 Å². The number of nitrogens with zero attached hydrogens (tertiary/aromatic N) is 3. The van der Waals surface area contributed by atoms with Crippen molar-refractivity contribution >= 4 is 11.5 Å². The van der Waals surface area contributed by atoms with Gasteiger partial charge >= 0.3 is 0 Å². The summed E-state index contributed by atoms with van der Waals surface area (Å²) in [6.45, 7) is 0.332. The van der Waals surface area contributed by atoms with Crippen molar-refractivity contribution in [2.75, 3.05) is 5.73 Å². The number of ether oxygens (including phenoxy) is 1. The van der Waals surface area contributed by atoms with Gasteiger partial charge in [-0.25, -0.2) is 18.7 Å². The molecule has 0 radical (unpaired) electrons. The first-order valence-corrected chi connectivity index (χ1v) is 7.49. The zero-order chi connectivity index (χ0) is 17.4. The highest BCUT2D eigenvalue weighted by Gasteiger charge is 2.24. The predicted molar refractivity (Wildman–Crippen MR) is 88.7 cm³/mol. The van der Waals surface area contributed by atoms with Crippen molar-refractivity contribution in [1.29, 1.82) is 0 Å². The molecule has 0 fully saturated rings. The van der Waals surface area contributed by atoms with Gasteiger partial charge in [0.25, 0.3) is 0 Å². The lowest BCUT2D eigenvalue weighted by molar-refractivity contribution is 0.471. The van der Waals surface area contributed by atoms with Crippen LogP contribution in [0.25, 0.3) is 0 Å². The molecule has 0 amide bonds. The molecule has 4 rings (SSSR count). The Morgan fingerprint density at radius 2 is 1.84 bits per heavy atom. The molecule has 5 nitrogen and oxygen atoms in total. The second-order valence-corrected chi connectivity index (χ2v) is 5.45. The fourth-order valence-electron chi connectivity index (χ4n) is 2.69. The number of hydrogen-bond acceptors (Lipinski definition) is 5. The number of fused-ring (bicyclic) bond motifs is 1. The second kappa shape index (κ2) is 5.94. The SMILES string of the molecule is Nc1ncnc2c1C(c1ccc(Oc3cccc(F)c3)cc1F)=NC2. The van der Waals surface area contributed by atoms with Gasteiger partial charge in [-0.3, -0.25) is 4.99 Å². The average molecular weight is 338 g/mol. The van der Waals surface area contributed by atoms with Gasteiger partial charge in [0, 0.05) is 17.7 Å². The molecule has 2 aromatic carbocycles. The Morgan fingerprint density at radius 3 is 2.64 bits per heavy atom. The molecular formula is C18H12F2N4O. The third-order valence-corrected chi connectivity index (χ3v) is 3.81. The number of aromatic nitrogens is 2. The summed E-state index contributed by atoms with van der Waals surface area (Å²) >= 11 is 0. The van der Waals surface area contributed by atoms with Crippen LogP contribution in [-0.4, -0.2) is 15.7 Å². The summed E-state index contributed by atoms with van der Waals surface area (Å²) in [5, 5.41) is 0. The minimum atomic E-state index is -0.524. The number of rotatable bonds is 3. The molecule has 0 atom stereocenters. The van der Waals surface area contributed by atoms with Gasteiger partial charge in [-0.05, 0) is 24.3 Å². The van der Waals surface area contributed by atoms with Crippen LogP contribution < -0.4 is 10.5 Å². The molecule has 7 heteroatoms. The smallest absolute Gasteiger partial charge is 0.136 e. The van der Waals surface area contributed by atoms with E-state index in [4.69, 9.17) is 10.5 Å². The van der Waals surface area contributed by atoms with Crippen LogP contribution in [0.4, 0.5) is 14.6 Å². The molecule has 2 heterocycles. The van der Waals surface area contributed by atoms with Gasteiger partial charge in [0.1, 0.15) is 35.3 Å². The third-order valence-electron chi connectivity index (χ3n) is 3.81. The van der Waals surface area contributed by atoms with Gasteiger partial charge in [-0.15, -0.1) is 0 Å². The highest BCUT2D eigenvalue weighted by Crippen LogP contribution is 2.29. The maximum Gasteiger partial charge on any atom is 0.136 e. The van der Waals surface area contributed by atoms with Crippen LogP contribution in [0.5, 0.6) is 11.5 Å². The van der Waals surface area contributed by atoms with Crippen molar-refractivity contribution < 1.29 is 13.5 Å². The van der Waals surface area contributed by atoms with Gasteiger partial charge in [-0.2, -0.15) is 0 Å². The third kappa shape index (κ3) is 2.80. The normalized spacial score (nSPS) is 12.6. The topological polar surface area (TPSA) is 73.4 Å². The average Bonchev–Trinajstić information content (AvgIpc) is 3.00. The fourth-order valence-corrected chi connectivity index (χ4v) is 2.69. The minimum Gasteiger partial charge on any atom is -0.457 e. The second-order valence-electron chi connectivity index (χ2n) is 5.45. The van der Waals surface area contributed by atoms with E-state index in [2.05, 4.69) is 15.0 Å². The molecule has 25 heavy (non-hydrogen) atoms. The Labute approximate surface area is 141 Å². The van der Waals surface area contributed by atoms with E-state index < -0.39 is 11.6 Å². The molecule has 124 valence electrons. The highest BCUT2D eigenvalue weighted by molar-refractivity contribution is 6.17. The van der Waals surface area contributed by atoms with Crippen LogP contribution in [0.15, 0.2) is 53.8 Å². The van der Waals surface area contributed by atoms with Crippen molar-refractivity contribution in [3.8, 4) is 11.5 Å². The molecule has 2 N–H and O–H groups in total. The number of nitrogen functional groups attached to an aromatic ring is 1. The van der Waals surface area contributed by atoms with Crippen molar-refractivity contribution in [3.63, 3.8) is 0 Å². The number of halogens is 2. The van der Waals surface area contributed by atoms with Gasteiger partial charge in [0.05, 0.1) is 23.5 Å². The van der Waals surface area contributed by atoms with Crippen molar-refractivity contribution in [1.82, 2.24) is 9.97 Å². The number of hydrogen-bond donors (Lipinski definition) is 1. The molecule has 0 saturated carbocycles. The first kappa shape index (κ1) is 15.2. The molecule has 0 spiro atoms. The first-order valence-electron chi connectivity index (χ1n) is 7.49. The van der Waals surface area contributed by atoms with Crippen LogP contribution in [0.1, 0.15) is 16.8 Å². The Balaban J connectivity index is 1.66. The van der Waals surface area contributed by atoms with Gasteiger partial charge < -0.3 is 10.5 Å². The number of aliphatic imine (C=N–C) groups is 1. The van der Waals surface area contributed by atoms with Crippen LogP contribution in [0, 0.1) is 11.6 Å². The Kier molecular flexibility index (Phi) is 3.61. The summed E-state index contributed by atoms with van der Waals surface area (Å²) < 4.78 is 33.3. The van der Waals surface area contributed by atoms with Crippen LogP contribution in [-0.2, 0) is 6.54 Å². The quantitative estimate of drug-likeness (QED) is 0.793. The summed E-state index contributed by atoms with van der Waals surface area (Å²) in [7, 11) is 0. The Hall–Kier alpha value is -3.35. The number of nitrogens with two attached hydrogens (primary N) is 1. The van der Waals surface area contributed by atoms with Gasteiger partial charge in [-0.1, -0.05) is 6.07 Å². The van der Waals surface area contributed by atoms with Crippen molar-refractivity contribution in [3.05, 3.63) is 77.2 Å². The van der Waals surface area contributed by atoms with E-state index in [1.54, 1.807) is 18.2 Å². The summed E-state index contributed by atoms with van der Waals surface area (Å²) in [6.07, 6.45) is 1.36. The molecular weight excluding hydrogens is 326 g/mol. The fraction of sp³-hybridized carbons (Fsp3) is 0.0556.